The van der Waals surface area contributed by atoms with Crippen LogP contribution in [-0.4, -0.2) is 36.7 Å². The van der Waals surface area contributed by atoms with Crippen molar-refractivity contribution in [1.29, 1.82) is 0 Å². The van der Waals surface area contributed by atoms with E-state index in [1.165, 1.54) is 0 Å². The Bertz CT molecular complexity index is 452. The number of aromatic amines is 1. The lowest BCUT2D eigenvalue weighted by Crippen LogP contribution is -2.21. The molecule has 0 saturated heterocycles. The summed E-state index contributed by atoms with van der Waals surface area (Å²) in [6, 6.07) is 0.183. The summed E-state index contributed by atoms with van der Waals surface area (Å²) in [5.74, 6) is 0.931. The van der Waals surface area contributed by atoms with Crippen molar-refractivity contribution < 1.29 is 5.11 Å². The summed E-state index contributed by atoms with van der Waals surface area (Å²) in [4.78, 5) is 7.34. The fourth-order valence-corrected chi connectivity index (χ4v) is 1.76. The van der Waals surface area contributed by atoms with Crippen LogP contribution in [0.15, 0.2) is 18.6 Å². The highest BCUT2D eigenvalue weighted by molar-refractivity contribution is 4.98. The quantitative estimate of drug-likeness (QED) is 0.654. The summed E-state index contributed by atoms with van der Waals surface area (Å²) in [5, 5.41) is 20.1. The zero-order valence-electron chi connectivity index (χ0n) is 10.4. The van der Waals surface area contributed by atoms with E-state index in [-0.39, 0.29) is 12.6 Å². The van der Waals surface area contributed by atoms with Gasteiger partial charge in [0.05, 0.1) is 24.9 Å². The molecule has 2 heterocycles. The maximum absolute atomic E-state index is 8.79. The standard InChI is InChI=1S/C11H18N6O/c1-2-10(11-12-3-4-13-11)14-7-9-8-17(5-6-18)16-15-9/h3-4,8,10,14,18H,2,5-7H2,1H3,(H,12,13). The molecule has 0 radical (unpaired) electrons. The number of hydrogen-bond acceptors (Lipinski definition) is 5. The van der Waals surface area contributed by atoms with Crippen LogP contribution in [0.25, 0.3) is 0 Å². The van der Waals surface area contributed by atoms with Gasteiger partial charge in [0.2, 0.25) is 0 Å². The van der Waals surface area contributed by atoms with E-state index in [9.17, 15) is 0 Å². The third kappa shape index (κ3) is 3.14. The molecule has 0 fully saturated rings. The minimum atomic E-state index is 0.0697. The summed E-state index contributed by atoms with van der Waals surface area (Å²) >= 11 is 0. The molecule has 7 nitrogen and oxygen atoms in total. The van der Waals surface area contributed by atoms with Crippen molar-refractivity contribution in [2.45, 2.75) is 32.5 Å². The normalized spacial score (nSPS) is 12.8. The number of imidazole rings is 1. The highest BCUT2D eigenvalue weighted by Crippen LogP contribution is 2.11. The van der Waals surface area contributed by atoms with E-state index in [1.807, 2.05) is 12.4 Å². The number of aliphatic hydroxyl groups is 1. The molecule has 0 bridgehead atoms. The van der Waals surface area contributed by atoms with Gasteiger partial charge in [0.25, 0.3) is 0 Å². The van der Waals surface area contributed by atoms with Gasteiger partial charge in [0, 0.05) is 25.1 Å². The first-order valence-corrected chi connectivity index (χ1v) is 6.06. The number of aliphatic hydroxyl groups excluding tert-OH is 1. The smallest absolute Gasteiger partial charge is 0.123 e. The molecule has 0 aliphatic rings. The van der Waals surface area contributed by atoms with Crippen LogP contribution < -0.4 is 5.32 Å². The van der Waals surface area contributed by atoms with E-state index in [1.54, 1.807) is 10.9 Å². The summed E-state index contributed by atoms with van der Waals surface area (Å²) in [6.07, 6.45) is 6.34. The van der Waals surface area contributed by atoms with E-state index in [0.717, 1.165) is 17.9 Å². The van der Waals surface area contributed by atoms with Gasteiger partial charge in [-0.15, -0.1) is 5.10 Å². The minimum Gasteiger partial charge on any atom is -0.394 e. The zero-order valence-corrected chi connectivity index (χ0v) is 10.4. The van der Waals surface area contributed by atoms with Crippen LogP contribution in [0, 0.1) is 0 Å². The summed E-state index contributed by atoms with van der Waals surface area (Å²) in [7, 11) is 0. The molecule has 0 saturated carbocycles. The summed E-state index contributed by atoms with van der Waals surface area (Å²) < 4.78 is 1.63. The number of aromatic nitrogens is 5. The van der Waals surface area contributed by atoms with Crippen LogP contribution in [0.4, 0.5) is 0 Å². The Morgan fingerprint density at radius 1 is 1.56 bits per heavy atom. The predicted molar refractivity (Wildman–Crippen MR) is 65.6 cm³/mol. The Morgan fingerprint density at radius 3 is 3.11 bits per heavy atom. The molecule has 3 N–H and O–H groups in total. The van der Waals surface area contributed by atoms with Gasteiger partial charge in [-0.3, -0.25) is 0 Å². The van der Waals surface area contributed by atoms with Crippen molar-refractivity contribution in [3.8, 4) is 0 Å². The lowest BCUT2D eigenvalue weighted by atomic mass is 10.2. The predicted octanol–water partition coefficient (Wildman–Crippen LogP) is 0.234. The maximum Gasteiger partial charge on any atom is 0.123 e. The van der Waals surface area contributed by atoms with Gasteiger partial charge in [0.1, 0.15) is 5.82 Å². The molecule has 0 amide bonds. The molecular formula is C11H18N6O. The molecule has 1 unspecified atom stereocenters. The van der Waals surface area contributed by atoms with E-state index in [2.05, 4.69) is 32.5 Å². The minimum absolute atomic E-state index is 0.0697. The molecule has 18 heavy (non-hydrogen) atoms. The number of nitrogens with zero attached hydrogens (tertiary/aromatic N) is 4. The van der Waals surface area contributed by atoms with Gasteiger partial charge in [-0.05, 0) is 6.42 Å². The first-order chi connectivity index (χ1) is 8.83. The highest BCUT2D eigenvalue weighted by Gasteiger charge is 2.11. The van der Waals surface area contributed by atoms with Gasteiger partial charge < -0.3 is 15.4 Å². The molecule has 1 atom stereocenters. The van der Waals surface area contributed by atoms with Crippen LogP contribution in [0.5, 0.6) is 0 Å². The molecule has 0 aliphatic carbocycles. The Balaban J connectivity index is 1.89. The third-order valence-electron chi connectivity index (χ3n) is 2.70. The number of nitrogens with one attached hydrogen (secondary N) is 2. The molecule has 7 heteroatoms. The Hall–Kier alpha value is -1.73. The third-order valence-corrected chi connectivity index (χ3v) is 2.70. The number of H-pyrrole nitrogens is 1. The second-order valence-electron chi connectivity index (χ2n) is 4.01. The fraction of sp³-hybridized carbons (Fsp3) is 0.545. The zero-order chi connectivity index (χ0) is 12.8. The van der Waals surface area contributed by atoms with Crippen LogP contribution >= 0.6 is 0 Å². The summed E-state index contributed by atoms with van der Waals surface area (Å²) in [6.45, 7) is 3.27. The van der Waals surface area contributed by atoms with Gasteiger partial charge >= 0.3 is 0 Å². The van der Waals surface area contributed by atoms with Gasteiger partial charge in [0.15, 0.2) is 0 Å². The van der Waals surface area contributed by atoms with Crippen molar-refractivity contribution in [2.24, 2.45) is 0 Å². The van der Waals surface area contributed by atoms with Crippen molar-refractivity contribution in [3.05, 3.63) is 30.1 Å². The Kier molecular flexibility index (Phi) is 4.43. The Morgan fingerprint density at radius 2 is 2.44 bits per heavy atom. The molecule has 2 rings (SSSR count). The monoisotopic (exact) mass is 250 g/mol. The van der Waals surface area contributed by atoms with Crippen LogP contribution in [0.2, 0.25) is 0 Å². The second kappa shape index (κ2) is 6.27. The molecule has 0 spiro atoms. The first-order valence-electron chi connectivity index (χ1n) is 6.06. The molecular weight excluding hydrogens is 232 g/mol. The van der Waals surface area contributed by atoms with Gasteiger partial charge in [-0.2, -0.15) is 0 Å². The SMILES string of the molecule is CCC(NCc1cn(CCO)nn1)c1ncc[nH]1. The van der Waals surface area contributed by atoms with E-state index in [0.29, 0.717) is 13.1 Å². The molecule has 2 aromatic heterocycles. The average Bonchev–Trinajstić information content (AvgIpc) is 3.02. The second-order valence-corrected chi connectivity index (χ2v) is 4.01. The largest absolute Gasteiger partial charge is 0.394 e. The first kappa shape index (κ1) is 12.7. The van der Waals surface area contributed by atoms with Gasteiger partial charge in [-0.25, -0.2) is 9.67 Å². The highest BCUT2D eigenvalue weighted by atomic mass is 16.3. The lowest BCUT2D eigenvalue weighted by Gasteiger charge is -2.13. The van der Waals surface area contributed by atoms with Crippen molar-refractivity contribution in [3.63, 3.8) is 0 Å². The summed E-state index contributed by atoms with van der Waals surface area (Å²) in [5.41, 5.74) is 0.855. The number of hydrogen-bond donors (Lipinski definition) is 3. The van der Waals surface area contributed by atoms with E-state index >= 15 is 0 Å². The number of rotatable bonds is 7. The lowest BCUT2D eigenvalue weighted by molar-refractivity contribution is 0.268. The van der Waals surface area contributed by atoms with Crippen molar-refractivity contribution in [1.82, 2.24) is 30.3 Å². The molecule has 98 valence electrons. The maximum atomic E-state index is 8.79. The molecule has 0 aliphatic heterocycles. The van der Waals surface area contributed by atoms with Gasteiger partial charge in [-0.1, -0.05) is 12.1 Å². The molecule has 2 aromatic rings. The fourth-order valence-electron chi connectivity index (χ4n) is 1.76. The average molecular weight is 250 g/mol. The van der Waals surface area contributed by atoms with Crippen LogP contribution in [-0.2, 0) is 13.1 Å². The van der Waals surface area contributed by atoms with E-state index in [4.69, 9.17) is 5.11 Å². The topological polar surface area (TPSA) is 91.7 Å². The van der Waals surface area contributed by atoms with Crippen molar-refractivity contribution >= 4 is 0 Å². The Labute approximate surface area is 105 Å². The van der Waals surface area contributed by atoms with Crippen LogP contribution in [0.1, 0.15) is 30.9 Å². The van der Waals surface area contributed by atoms with Crippen LogP contribution in [0.3, 0.4) is 0 Å². The van der Waals surface area contributed by atoms with E-state index < -0.39 is 0 Å². The van der Waals surface area contributed by atoms with Crippen molar-refractivity contribution in [2.75, 3.05) is 6.61 Å². The molecule has 0 aromatic carbocycles.